The van der Waals surface area contributed by atoms with Gasteiger partial charge in [0.05, 0.1) is 5.41 Å². The number of carboxylic acid groups (broad SMARTS) is 1. The summed E-state index contributed by atoms with van der Waals surface area (Å²) in [4.78, 5) is 24.9. The van der Waals surface area contributed by atoms with E-state index in [1.54, 1.807) is 0 Å². The van der Waals surface area contributed by atoms with Crippen LogP contribution in [0.25, 0.3) is 0 Å². The number of hydrogen-bond acceptors (Lipinski definition) is 3. The number of carbonyl (C=O) groups is 2. The number of nitrogens with zero attached hydrogens (tertiary/aromatic N) is 1. The van der Waals surface area contributed by atoms with E-state index in [0.29, 0.717) is 25.2 Å². The molecule has 1 aliphatic heterocycles. The summed E-state index contributed by atoms with van der Waals surface area (Å²) in [5.74, 6) is -0.330. The highest BCUT2D eigenvalue weighted by molar-refractivity contribution is 5.79. The van der Waals surface area contributed by atoms with Crippen molar-refractivity contribution in [2.75, 3.05) is 19.6 Å². The summed E-state index contributed by atoms with van der Waals surface area (Å²) in [7, 11) is 0. The van der Waals surface area contributed by atoms with Crippen LogP contribution in [-0.2, 0) is 9.59 Å². The van der Waals surface area contributed by atoms with E-state index in [-0.39, 0.29) is 0 Å². The van der Waals surface area contributed by atoms with Gasteiger partial charge in [-0.1, -0.05) is 19.3 Å². The van der Waals surface area contributed by atoms with E-state index >= 15 is 0 Å². The fourth-order valence-corrected chi connectivity index (χ4v) is 3.06. The third kappa shape index (κ3) is 2.86. The van der Waals surface area contributed by atoms with Crippen LogP contribution in [0.1, 0.15) is 44.9 Å². The van der Waals surface area contributed by atoms with Crippen LogP contribution in [-0.4, -0.2) is 41.4 Å². The van der Waals surface area contributed by atoms with Gasteiger partial charge in [0.15, 0.2) is 0 Å². The Morgan fingerprint density at radius 2 is 1.76 bits per heavy atom. The van der Waals surface area contributed by atoms with E-state index in [9.17, 15) is 14.7 Å². The molecule has 1 saturated heterocycles. The fraction of sp³-hybridized carbons (Fsp3) is 0.846. The van der Waals surface area contributed by atoms with Crippen LogP contribution in [0.5, 0.6) is 0 Å². The molecule has 1 saturated carbocycles. The molecule has 0 amide bonds. The van der Waals surface area contributed by atoms with Crippen LogP contribution < -0.4 is 0 Å². The second-order valence-electron chi connectivity index (χ2n) is 5.46. The minimum atomic E-state index is -0.644. The number of ketones is 1. The molecule has 1 aliphatic carbocycles. The van der Waals surface area contributed by atoms with Gasteiger partial charge in [0.1, 0.15) is 5.78 Å². The Morgan fingerprint density at radius 1 is 1.18 bits per heavy atom. The molecule has 1 heterocycles. The summed E-state index contributed by atoms with van der Waals surface area (Å²) in [6, 6.07) is 0. The van der Waals surface area contributed by atoms with Crippen LogP contribution in [0.2, 0.25) is 0 Å². The summed E-state index contributed by atoms with van der Waals surface area (Å²) in [5, 5.41) is 9.48. The highest BCUT2D eigenvalue weighted by Crippen LogP contribution is 2.37. The Labute approximate surface area is 102 Å². The predicted molar refractivity (Wildman–Crippen MR) is 63.8 cm³/mol. The smallest absolute Gasteiger partial charge is 0.310 e. The molecule has 17 heavy (non-hydrogen) atoms. The van der Waals surface area contributed by atoms with Crippen LogP contribution in [0.15, 0.2) is 0 Å². The minimum absolute atomic E-state index is 0.314. The number of Topliss-reactive ketones (excluding diaryl/α,β-unsaturated/α-hetero) is 1. The lowest BCUT2D eigenvalue weighted by atomic mass is 9.73. The average molecular weight is 239 g/mol. The van der Waals surface area contributed by atoms with E-state index in [0.717, 1.165) is 45.2 Å². The molecule has 4 nitrogen and oxygen atoms in total. The summed E-state index contributed by atoms with van der Waals surface area (Å²) in [5.41, 5.74) is -0.543. The minimum Gasteiger partial charge on any atom is -0.481 e. The van der Waals surface area contributed by atoms with Crippen LogP contribution in [0, 0.1) is 5.41 Å². The third-order valence-electron chi connectivity index (χ3n) is 4.20. The van der Waals surface area contributed by atoms with Gasteiger partial charge in [-0.15, -0.1) is 0 Å². The fourth-order valence-electron chi connectivity index (χ4n) is 3.06. The van der Waals surface area contributed by atoms with Crippen LogP contribution in [0.3, 0.4) is 0 Å². The van der Waals surface area contributed by atoms with Gasteiger partial charge in [0.25, 0.3) is 0 Å². The van der Waals surface area contributed by atoms with Crippen molar-refractivity contribution in [1.29, 1.82) is 0 Å². The zero-order chi connectivity index (χ0) is 12.3. The second-order valence-corrected chi connectivity index (χ2v) is 5.46. The molecule has 0 radical (unpaired) electrons. The van der Waals surface area contributed by atoms with Crippen molar-refractivity contribution in [3.05, 3.63) is 0 Å². The molecule has 0 aromatic carbocycles. The quantitative estimate of drug-likeness (QED) is 0.814. The number of carbonyl (C=O) groups excluding carboxylic acids is 1. The molecular weight excluding hydrogens is 218 g/mol. The standard InChI is InChI=1S/C13H21NO3/c15-11-4-8-14(9-5-11)10-13(12(16)17)6-2-1-3-7-13/h1-10H2,(H,16,17). The van der Waals surface area contributed by atoms with Gasteiger partial charge in [-0.2, -0.15) is 0 Å². The number of aliphatic carboxylic acids is 1. The van der Waals surface area contributed by atoms with Crippen LogP contribution in [0.4, 0.5) is 0 Å². The highest BCUT2D eigenvalue weighted by atomic mass is 16.4. The molecule has 4 heteroatoms. The highest BCUT2D eigenvalue weighted by Gasteiger charge is 2.41. The molecule has 2 aliphatic rings. The summed E-state index contributed by atoms with van der Waals surface area (Å²) < 4.78 is 0. The molecule has 0 unspecified atom stereocenters. The van der Waals surface area contributed by atoms with Crippen molar-refractivity contribution < 1.29 is 14.7 Å². The Balaban J connectivity index is 1.97. The average Bonchev–Trinajstić information content (AvgIpc) is 2.33. The lowest BCUT2D eigenvalue weighted by Gasteiger charge is -2.38. The maximum atomic E-state index is 11.5. The largest absolute Gasteiger partial charge is 0.481 e. The molecular formula is C13H21NO3. The Kier molecular flexibility index (Phi) is 3.82. The molecule has 2 rings (SSSR count). The van der Waals surface area contributed by atoms with E-state index < -0.39 is 11.4 Å². The van der Waals surface area contributed by atoms with Gasteiger partial charge < -0.3 is 10.0 Å². The zero-order valence-corrected chi connectivity index (χ0v) is 10.3. The molecule has 96 valence electrons. The van der Waals surface area contributed by atoms with Gasteiger partial charge in [-0.25, -0.2) is 0 Å². The topological polar surface area (TPSA) is 57.6 Å². The van der Waals surface area contributed by atoms with E-state index in [1.165, 1.54) is 0 Å². The summed E-state index contributed by atoms with van der Waals surface area (Å²) in [6.45, 7) is 2.12. The normalized spacial score (nSPS) is 25.8. The number of carboxylic acids is 1. The number of piperidine rings is 1. The summed E-state index contributed by atoms with van der Waals surface area (Å²) >= 11 is 0. The first kappa shape index (κ1) is 12.6. The maximum Gasteiger partial charge on any atom is 0.310 e. The van der Waals surface area contributed by atoms with Gasteiger partial charge in [0, 0.05) is 32.5 Å². The van der Waals surface area contributed by atoms with E-state index in [4.69, 9.17) is 0 Å². The Bertz CT molecular complexity index is 298. The van der Waals surface area contributed by atoms with Gasteiger partial charge in [0.2, 0.25) is 0 Å². The third-order valence-corrected chi connectivity index (χ3v) is 4.20. The van der Waals surface area contributed by atoms with Crippen LogP contribution >= 0.6 is 0 Å². The van der Waals surface area contributed by atoms with Gasteiger partial charge >= 0.3 is 5.97 Å². The predicted octanol–water partition coefficient (Wildman–Crippen LogP) is 1.69. The van der Waals surface area contributed by atoms with Crippen molar-refractivity contribution in [2.24, 2.45) is 5.41 Å². The second kappa shape index (κ2) is 5.17. The lowest BCUT2D eigenvalue weighted by Crippen LogP contribution is -2.47. The van der Waals surface area contributed by atoms with Gasteiger partial charge in [-0.05, 0) is 12.8 Å². The molecule has 2 fully saturated rings. The molecule has 0 bridgehead atoms. The molecule has 1 N–H and O–H groups in total. The van der Waals surface area contributed by atoms with Crippen molar-refractivity contribution >= 4 is 11.8 Å². The van der Waals surface area contributed by atoms with Crippen molar-refractivity contribution in [2.45, 2.75) is 44.9 Å². The number of likely N-dealkylation sites (tertiary alicyclic amines) is 1. The number of rotatable bonds is 3. The van der Waals surface area contributed by atoms with Crippen molar-refractivity contribution in [3.8, 4) is 0 Å². The monoisotopic (exact) mass is 239 g/mol. The van der Waals surface area contributed by atoms with Crippen molar-refractivity contribution in [3.63, 3.8) is 0 Å². The number of hydrogen-bond donors (Lipinski definition) is 1. The first-order valence-electron chi connectivity index (χ1n) is 6.60. The maximum absolute atomic E-state index is 11.5. The van der Waals surface area contributed by atoms with Crippen molar-refractivity contribution in [1.82, 2.24) is 4.90 Å². The molecule has 0 atom stereocenters. The van der Waals surface area contributed by atoms with Gasteiger partial charge in [-0.3, -0.25) is 9.59 Å². The Hall–Kier alpha value is -0.900. The van der Waals surface area contributed by atoms with E-state index in [2.05, 4.69) is 4.90 Å². The first-order chi connectivity index (χ1) is 8.12. The summed E-state index contributed by atoms with van der Waals surface area (Å²) in [6.07, 6.45) is 6.00. The first-order valence-corrected chi connectivity index (χ1v) is 6.60. The lowest BCUT2D eigenvalue weighted by molar-refractivity contribution is -0.152. The SMILES string of the molecule is O=C1CCN(CC2(C(=O)O)CCCCC2)CC1. The van der Waals surface area contributed by atoms with E-state index in [1.807, 2.05) is 0 Å². The molecule has 0 spiro atoms. The zero-order valence-electron chi connectivity index (χ0n) is 10.3. The Morgan fingerprint density at radius 3 is 2.29 bits per heavy atom. The molecule has 0 aromatic rings. The molecule has 0 aromatic heterocycles.